The van der Waals surface area contributed by atoms with Crippen LogP contribution in [0.5, 0.6) is 0 Å². The molecule has 5 nitrogen and oxygen atoms in total. The maximum Gasteiger partial charge on any atom is 0.220 e. The summed E-state index contributed by atoms with van der Waals surface area (Å²) in [7, 11) is -3.63. The molecule has 151 valence electrons. The van der Waals surface area contributed by atoms with Crippen molar-refractivity contribution in [2.75, 3.05) is 0 Å². The van der Waals surface area contributed by atoms with Gasteiger partial charge in [-0.25, -0.2) is 8.42 Å². The number of primary amides is 1. The van der Waals surface area contributed by atoms with Gasteiger partial charge in [-0.1, -0.05) is 55.5 Å². The van der Waals surface area contributed by atoms with Gasteiger partial charge in [0.2, 0.25) is 5.91 Å². The Morgan fingerprint density at radius 3 is 2.18 bits per heavy atom. The molecule has 0 heterocycles. The smallest absolute Gasteiger partial charge is 0.220 e. The molecule has 0 aliphatic rings. The highest BCUT2D eigenvalue weighted by Gasteiger charge is 2.30. The van der Waals surface area contributed by atoms with E-state index in [0.717, 1.165) is 5.56 Å². The van der Waals surface area contributed by atoms with E-state index in [1.807, 2.05) is 30.3 Å². The number of amides is 1. The van der Waals surface area contributed by atoms with E-state index >= 15 is 0 Å². The van der Waals surface area contributed by atoms with Crippen molar-refractivity contribution in [3.63, 3.8) is 0 Å². The molecular weight excluding hydrogens is 374 g/mol. The van der Waals surface area contributed by atoms with E-state index in [0.29, 0.717) is 12.8 Å². The first-order chi connectivity index (χ1) is 13.3. The molecule has 3 atom stereocenters. The van der Waals surface area contributed by atoms with Crippen molar-refractivity contribution in [3.8, 4) is 0 Å². The van der Waals surface area contributed by atoms with Crippen LogP contribution in [-0.4, -0.2) is 30.8 Å². The lowest BCUT2D eigenvalue weighted by Crippen LogP contribution is -2.29. The number of hydrogen-bond donors (Lipinski definition) is 2. The Bertz CT molecular complexity index is 837. The lowest BCUT2D eigenvalue weighted by Gasteiger charge is -2.22. The van der Waals surface area contributed by atoms with Gasteiger partial charge in [0.05, 0.1) is 16.2 Å². The van der Waals surface area contributed by atoms with Crippen molar-refractivity contribution in [2.45, 2.75) is 48.9 Å². The normalized spacial score (nSPS) is 14.9. The van der Waals surface area contributed by atoms with Crippen molar-refractivity contribution in [3.05, 3.63) is 72.6 Å². The number of rotatable bonds is 11. The highest BCUT2D eigenvalue weighted by atomic mass is 32.2. The van der Waals surface area contributed by atoms with Gasteiger partial charge in [-0.2, -0.15) is 0 Å². The highest BCUT2D eigenvalue weighted by molar-refractivity contribution is 7.92. The monoisotopic (exact) mass is 402 g/mol. The molecule has 0 aliphatic carbocycles. The zero-order valence-corrected chi connectivity index (χ0v) is 16.9. The van der Waals surface area contributed by atoms with E-state index in [4.69, 9.17) is 5.73 Å². The molecule has 0 saturated heterocycles. The Morgan fingerprint density at radius 1 is 1.04 bits per heavy atom. The largest absolute Gasteiger partial charge is 0.393 e. The standard InChI is InChI=1S/C22H28NO4S/c1-17(22(23)25)12-15-21(28(26,27)20-10-6-3-7-11-20)16-19(24)14-13-18-8-4-2-5-9-18/h2-11,14,17,19,21,24H,12-13,15-16H2,1H3,(H2,23,25). The fraction of sp³-hybridized carbons (Fsp3) is 0.364. The molecule has 2 rings (SSSR count). The van der Waals surface area contributed by atoms with Gasteiger partial charge in [-0.15, -0.1) is 0 Å². The number of sulfone groups is 1. The molecule has 3 N–H and O–H groups in total. The fourth-order valence-electron chi connectivity index (χ4n) is 3.03. The van der Waals surface area contributed by atoms with Crippen molar-refractivity contribution in [1.29, 1.82) is 0 Å². The van der Waals surface area contributed by atoms with E-state index < -0.39 is 33.0 Å². The van der Waals surface area contributed by atoms with Crippen LogP contribution >= 0.6 is 0 Å². The summed E-state index contributed by atoms with van der Waals surface area (Å²) in [6.07, 6.45) is 2.11. The third-order valence-electron chi connectivity index (χ3n) is 4.89. The number of hydrogen-bond acceptors (Lipinski definition) is 4. The molecule has 0 aliphatic heterocycles. The van der Waals surface area contributed by atoms with Gasteiger partial charge in [-0.3, -0.25) is 4.79 Å². The van der Waals surface area contributed by atoms with Crippen molar-refractivity contribution >= 4 is 15.7 Å². The first kappa shape index (κ1) is 22.1. The molecule has 0 spiro atoms. The quantitative estimate of drug-likeness (QED) is 0.604. The van der Waals surface area contributed by atoms with E-state index in [-0.39, 0.29) is 17.7 Å². The Hall–Kier alpha value is -2.18. The first-order valence-corrected chi connectivity index (χ1v) is 11.0. The number of aliphatic hydroxyl groups is 1. The molecule has 2 aromatic carbocycles. The predicted molar refractivity (Wildman–Crippen MR) is 110 cm³/mol. The number of benzene rings is 2. The van der Waals surface area contributed by atoms with Gasteiger partial charge in [0.1, 0.15) is 0 Å². The predicted octanol–water partition coefficient (Wildman–Crippen LogP) is 2.93. The summed E-state index contributed by atoms with van der Waals surface area (Å²) in [4.78, 5) is 11.6. The Kier molecular flexibility index (Phi) is 8.20. The van der Waals surface area contributed by atoms with Gasteiger partial charge in [0.25, 0.3) is 0 Å². The highest BCUT2D eigenvalue weighted by Crippen LogP contribution is 2.25. The molecule has 3 unspecified atom stereocenters. The maximum atomic E-state index is 13.1. The average molecular weight is 403 g/mol. The number of aliphatic hydroxyl groups excluding tert-OH is 1. The van der Waals surface area contributed by atoms with E-state index in [1.165, 1.54) is 0 Å². The Balaban J connectivity index is 2.09. The van der Waals surface area contributed by atoms with Crippen molar-refractivity contribution in [1.82, 2.24) is 0 Å². The molecule has 0 bridgehead atoms. The van der Waals surface area contributed by atoms with Gasteiger partial charge in [0, 0.05) is 5.92 Å². The second kappa shape index (κ2) is 10.4. The zero-order valence-electron chi connectivity index (χ0n) is 16.1. The second-order valence-electron chi connectivity index (χ2n) is 7.09. The summed E-state index contributed by atoms with van der Waals surface area (Å²) in [5.41, 5.74) is 6.36. The molecule has 0 saturated carbocycles. The third-order valence-corrected chi connectivity index (χ3v) is 7.13. The minimum Gasteiger partial charge on any atom is -0.393 e. The Labute approximate surface area is 167 Å². The lowest BCUT2D eigenvalue weighted by molar-refractivity contribution is -0.121. The van der Waals surface area contributed by atoms with E-state index in [9.17, 15) is 18.3 Å². The van der Waals surface area contributed by atoms with E-state index in [2.05, 4.69) is 0 Å². The van der Waals surface area contributed by atoms with Crippen LogP contribution in [0.4, 0.5) is 0 Å². The lowest BCUT2D eigenvalue weighted by atomic mass is 9.99. The van der Waals surface area contributed by atoms with Crippen LogP contribution in [0.15, 0.2) is 65.6 Å². The molecule has 0 fully saturated rings. The molecular formula is C22H28NO4S. The van der Waals surface area contributed by atoms with Crippen molar-refractivity contribution < 1.29 is 18.3 Å². The number of nitrogens with two attached hydrogens (primary N) is 1. The zero-order chi connectivity index (χ0) is 20.6. The van der Waals surface area contributed by atoms with Gasteiger partial charge < -0.3 is 10.8 Å². The van der Waals surface area contributed by atoms with Crippen LogP contribution < -0.4 is 5.73 Å². The van der Waals surface area contributed by atoms with Gasteiger partial charge in [0.15, 0.2) is 9.84 Å². The molecule has 2 aromatic rings. The van der Waals surface area contributed by atoms with Crippen LogP contribution in [0.3, 0.4) is 0 Å². The summed E-state index contributed by atoms with van der Waals surface area (Å²) in [5, 5.41) is 9.66. The third kappa shape index (κ3) is 6.46. The van der Waals surface area contributed by atoms with Crippen LogP contribution in [-0.2, 0) is 21.1 Å². The molecule has 28 heavy (non-hydrogen) atoms. The van der Waals surface area contributed by atoms with Crippen molar-refractivity contribution in [2.24, 2.45) is 11.7 Å². The fourth-order valence-corrected chi connectivity index (χ4v) is 4.85. The van der Waals surface area contributed by atoms with Crippen LogP contribution in [0.2, 0.25) is 0 Å². The maximum absolute atomic E-state index is 13.1. The van der Waals surface area contributed by atoms with E-state index in [1.54, 1.807) is 43.7 Å². The number of carbonyl (C=O) groups excluding carboxylic acids is 1. The summed E-state index contributed by atoms with van der Waals surface area (Å²) < 4.78 is 26.2. The topological polar surface area (TPSA) is 97.5 Å². The van der Waals surface area contributed by atoms with Gasteiger partial charge in [-0.05, 0) is 49.8 Å². The average Bonchev–Trinajstić information content (AvgIpc) is 2.70. The number of carbonyl (C=O) groups is 1. The Morgan fingerprint density at radius 2 is 1.61 bits per heavy atom. The summed E-state index contributed by atoms with van der Waals surface area (Å²) in [6, 6.07) is 17.9. The minimum atomic E-state index is -3.63. The van der Waals surface area contributed by atoms with Gasteiger partial charge >= 0.3 is 0 Å². The van der Waals surface area contributed by atoms with Crippen LogP contribution in [0, 0.1) is 12.3 Å². The minimum absolute atomic E-state index is 0.0789. The van der Waals surface area contributed by atoms with Crippen LogP contribution in [0.1, 0.15) is 31.7 Å². The molecule has 1 amide bonds. The van der Waals surface area contributed by atoms with Crippen LogP contribution in [0.25, 0.3) is 0 Å². The first-order valence-electron chi connectivity index (χ1n) is 9.44. The summed E-state index contributed by atoms with van der Waals surface area (Å²) in [5.74, 6) is -0.869. The molecule has 0 aromatic heterocycles. The summed E-state index contributed by atoms with van der Waals surface area (Å²) in [6.45, 7) is 1.69. The SMILES string of the molecule is CC(CCC(CC(O)[CH]Cc1ccccc1)S(=O)(=O)c1ccccc1)C(N)=O. The summed E-state index contributed by atoms with van der Waals surface area (Å²) >= 11 is 0. The second-order valence-corrected chi connectivity index (χ2v) is 9.32. The molecule has 6 heteroatoms. The molecule has 1 radical (unpaired) electrons.